The number of fused-ring (bicyclic) bond motifs is 1. The van der Waals surface area contributed by atoms with Crippen molar-refractivity contribution in [2.24, 2.45) is 5.92 Å². The van der Waals surface area contributed by atoms with E-state index in [0.717, 1.165) is 15.2 Å². The average molecular weight is 354 g/mol. The summed E-state index contributed by atoms with van der Waals surface area (Å²) >= 11 is 1.45. The number of sulfonamides is 1. The zero-order valence-corrected chi connectivity index (χ0v) is 14.5. The van der Waals surface area contributed by atoms with Crippen LogP contribution in [0.4, 0.5) is 0 Å². The van der Waals surface area contributed by atoms with Crippen molar-refractivity contribution in [3.63, 3.8) is 0 Å². The van der Waals surface area contributed by atoms with E-state index in [0.29, 0.717) is 19.4 Å². The predicted molar refractivity (Wildman–Crippen MR) is 88.1 cm³/mol. The zero-order valence-electron chi connectivity index (χ0n) is 12.9. The van der Waals surface area contributed by atoms with Gasteiger partial charge in [0, 0.05) is 12.6 Å². The van der Waals surface area contributed by atoms with E-state index in [2.05, 4.69) is 4.98 Å². The first-order valence-electron chi connectivity index (χ1n) is 7.42. The molecule has 8 heteroatoms. The first kappa shape index (κ1) is 16.4. The zero-order chi connectivity index (χ0) is 16.8. The number of aliphatic carboxylic acids is 1. The van der Waals surface area contributed by atoms with Gasteiger partial charge in [-0.05, 0) is 44.9 Å². The van der Waals surface area contributed by atoms with Crippen molar-refractivity contribution in [2.75, 3.05) is 6.54 Å². The van der Waals surface area contributed by atoms with Crippen LogP contribution in [0, 0.1) is 12.8 Å². The van der Waals surface area contributed by atoms with Crippen LogP contribution in [-0.4, -0.2) is 41.4 Å². The van der Waals surface area contributed by atoms with E-state index >= 15 is 0 Å². The molecule has 124 valence electrons. The molecule has 1 aromatic heterocycles. The summed E-state index contributed by atoms with van der Waals surface area (Å²) < 4.78 is 28.0. The molecule has 0 amide bonds. The molecule has 2 aromatic rings. The van der Waals surface area contributed by atoms with Gasteiger partial charge in [-0.1, -0.05) is 0 Å². The maximum atomic E-state index is 12.9. The molecule has 1 aliphatic rings. The lowest BCUT2D eigenvalue weighted by atomic mass is 9.92. The van der Waals surface area contributed by atoms with Crippen molar-refractivity contribution in [1.29, 1.82) is 0 Å². The number of carboxylic acid groups (broad SMARTS) is 1. The Hall–Kier alpha value is -1.51. The van der Waals surface area contributed by atoms with Gasteiger partial charge >= 0.3 is 5.97 Å². The first-order chi connectivity index (χ1) is 10.8. The highest BCUT2D eigenvalue weighted by Gasteiger charge is 2.39. The van der Waals surface area contributed by atoms with Crippen molar-refractivity contribution in [3.05, 3.63) is 23.2 Å². The molecule has 3 rings (SSSR count). The number of aromatic nitrogens is 1. The van der Waals surface area contributed by atoms with E-state index in [4.69, 9.17) is 0 Å². The van der Waals surface area contributed by atoms with Crippen LogP contribution in [0.3, 0.4) is 0 Å². The van der Waals surface area contributed by atoms with Crippen LogP contribution in [0.2, 0.25) is 0 Å². The Morgan fingerprint density at radius 3 is 2.87 bits per heavy atom. The maximum absolute atomic E-state index is 12.9. The highest BCUT2D eigenvalue weighted by Crippen LogP contribution is 2.31. The fraction of sp³-hybridized carbons (Fsp3) is 0.467. The third-order valence-electron chi connectivity index (χ3n) is 4.32. The van der Waals surface area contributed by atoms with E-state index in [-0.39, 0.29) is 4.90 Å². The van der Waals surface area contributed by atoms with E-state index in [1.807, 2.05) is 6.92 Å². The molecular weight excluding hydrogens is 336 g/mol. The highest BCUT2D eigenvalue weighted by molar-refractivity contribution is 7.89. The van der Waals surface area contributed by atoms with E-state index < -0.39 is 28.0 Å². The van der Waals surface area contributed by atoms with Crippen LogP contribution in [0.25, 0.3) is 10.2 Å². The SMILES string of the molecule is Cc1nc2ccc(S(=O)(=O)N3CCC[C@@H](C(=O)O)[C@H]3C)cc2s1. The van der Waals surface area contributed by atoms with Gasteiger partial charge in [-0.2, -0.15) is 4.31 Å². The molecule has 23 heavy (non-hydrogen) atoms. The Morgan fingerprint density at radius 2 is 2.17 bits per heavy atom. The Morgan fingerprint density at radius 1 is 1.43 bits per heavy atom. The minimum atomic E-state index is -3.71. The van der Waals surface area contributed by atoms with Gasteiger partial charge in [0.15, 0.2) is 0 Å². The number of hydrogen-bond acceptors (Lipinski definition) is 5. The smallest absolute Gasteiger partial charge is 0.308 e. The fourth-order valence-corrected chi connectivity index (χ4v) is 5.77. The summed E-state index contributed by atoms with van der Waals surface area (Å²) in [5.74, 6) is -1.60. The number of benzene rings is 1. The number of nitrogens with zero attached hydrogens (tertiary/aromatic N) is 2. The Kier molecular flexibility index (Phi) is 4.16. The van der Waals surface area contributed by atoms with Crippen molar-refractivity contribution < 1.29 is 18.3 Å². The predicted octanol–water partition coefficient (Wildman–Crippen LogP) is 2.48. The summed E-state index contributed by atoms with van der Waals surface area (Å²) in [7, 11) is -3.71. The summed E-state index contributed by atoms with van der Waals surface area (Å²) in [6.45, 7) is 3.90. The molecule has 2 atom stereocenters. The van der Waals surface area contributed by atoms with Gasteiger partial charge in [0.1, 0.15) is 0 Å². The van der Waals surface area contributed by atoms with E-state index in [1.54, 1.807) is 25.1 Å². The van der Waals surface area contributed by atoms with Crippen molar-refractivity contribution in [2.45, 2.75) is 37.6 Å². The number of piperidine rings is 1. The molecule has 1 N–H and O–H groups in total. The molecule has 0 aliphatic carbocycles. The lowest BCUT2D eigenvalue weighted by Crippen LogP contribution is -2.48. The first-order valence-corrected chi connectivity index (χ1v) is 9.68. The quantitative estimate of drug-likeness (QED) is 0.915. The summed E-state index contributed by atoms with van der Waals surface area (Å²) in [5.41, 5.74) is 0.779. The summed E-state index contributed by atoms with van der Waals surface area (Å²) in [6.07, 6.45) is 1.07. The maximum Gasteiger partial charge on any atom is 0.308 e. The Bertz CT molecular complexity index is 859. The molecule has 2 heterocycles. The van der Waals surface area contributed by atoms with E-state index in [9.17, 15) is 18.3 Å². The molecule has 0 bridgehead atoms. The number of thiazole rings is 1. The lowest BCUT2D eigenvalue weighted by Gasteiger charge is -2.36. The second-order valence-electron chi connectivity index (χ2n) is 5.81. The van der Waals surface area contributed by atoms with Gasteiger partial charge in [-0.25, -0.2) is 13.4 Å². The average Bonchev–Trinajstić information content (AvgIpc) is 2.85. The largest absolute Gasteiger partial charge is 0.481 e. The van der Waals surface area contributed by atoms with Crippen LogP contribution < -0.4 is 0 Å². The molecule has 1 fully saturated rings. The standard InChI is InChI=1S/C15H18N2O4S2/c1-9-12(15(18)19)4-3-7-17(9)23(20,21)11-5-6-13-14(8-11)22-10(2)16-13/h5-6,8-9,12H,3-4,7H2,1-2H3,(H,18,19)/t9-,12-/m1/s1. The number of hydrogen-bond donors (Lipinski definition) is 1. The summed E-state index contributed by atoms with van der Waals surface area (Å²) in [4.78, 5) is 15.9. The molecule has 0 unspecified atom stereocenters. The number of carboxylic acids is 1. The van der Waals surface area contributed by atoms with Crippen molar-refractivity contribution >= 4 is 37.5 Å². The van der Waals surface area contributed by atoms with Crippen LogP contribution >= 0.6 is 11.3 Å². The molecule has 1 saturated heterocycles. The number of carbonyl (C=O) groups is 1. The molecule has 0 saturated carbocycles. The molecule has 6 nitrogen and oxygen atoms in total. The molecule has 0 radical (unpaired) electrons. The van der Waals surface area contributed by atoms with Gasteiger partial charge in [0.25, 0.3) is 0 Å². The minimum Gasteiger partial charge on any atom is -0.481 e. The van der Waals surface area contributed by atoms with Crippen LogP contribution in [0.1, 0.15) is 24.8 Å². The molecular formula is C15H18N2O4S2. The minimum absolute atomic E-state index is 0.200. The van der Waals surface area contributed by atoms with Crippen LogP contribution in [0.5, 0.6) is 0 Å². The second kappa shape index (κ2) is 5.85. The Labute approximate surface area is 138 Å². The fourth-order valence-electron chi connectivity index (χ4n) is 3.10. The normalized spacial score (nSPS) is 23.2. The van der Waals surface area contributed by atoms with Crippen LogP contribution in [-0.2, 0) is 14.8 Å². The Balaban J connectivity index is 2.00. The van der Waals surface area contributed by atoms with Gasteiger partial charge < -0.3 is 5.11 Å². The monoisotopic (exact) mass is 354 g/mol. The van der Waals surface area contributed by atoms with Gasteiger partial charge in [-0.3, -0.25) is 4.79 Å². The summed E-state index contributed by atoms with van der Waals surface area (Å²) in [6, 6.07) is 4.33. The van der Waals surface area contributed by atoms with Crippen molar-refractivity contribution in [1.82, 2.24) is 9.29 Å². The third kappa shape index (κ3) is 2.86. The van der Waals surface area contributed by atoms with E-state index in [1.165, 1.54) is 15.6 Å². The van der Waals surface area contributed by atoms with Crippen LogP contribution in [0.15, 0.2) is 23.1 Å². The number of rotatable bonds is 3. The third-order valence-corrected chi connectivity index (χ3v) is 7.24. The summed E-state index contributed by atoms with van der Waals surface area (Å²) in [5, 5.41) is 10.2. The molecule has 1 aromatic carbocycles. The number of aryl methyl sites for hydroxylation is 1. The van der Waals surface area contributed by atoms with Gasteiger partial charge in [-0.15, -0.1) is 11.3 Å². The topological polar surface area (TPSA) is 87.6 Å². The second-order valence-corrected chi connectivity index (χ2v) is 8.93. The lowest BCUT2D eigenvalue weighted by molar-refractivity contribution is -0.144. The van der Waals surface area contributed by atoms with Gasteiger partial charge in [0.2, 0.25) is 10.0 Å². The highest BCUT2D eigenvalue weighted by atomic mass is 32.2. The molecule has 1 aliphatic heterocycles. The molecule has 0 spiro atoms. The van der Waals surface area contributed by atoms with Crippen molar-refractivity contribution in [3.8, 4) is 0 Å². The van der Waals surface area contributed by atoms with Gasteiger partial charge in [0.05, 0.1) is 26.0 Å².